The Bertz CT molecular complexity index is 374. The number of methoxy groups -OCH3 is 1. The molecular formula is C14H21NO2. The summed E-state index contributed by atoms with van der Waals surface area (Å²) < 4.78 is 11.1. The third-order valence-electron chi connectivity index (χ3n) is 3.28. The van der Waals surface area contributed by atoms with Gasteiger partial charge in [0.1, 0.15) is 0 Å². The molecule has 17 heavy (non-hydrogen) atoms. The van der Waals surface area contributed by atoms with Crippen molar-refractivity contribution in [2.75, 3.05) is 20.3 Å². The van der Waals surface area contributed by atoms with Crippen LogP contribution in [-0.2, 0) is 0 Å². The van der Waals surface area contributed by atoms with Gasteiger partial charge in [-0.25, -0.2) is 0 Å². The summed E-state index contributed by atoms with van der Waals surface area (Å²) in [5.41, 5.74) is 6.87. The van der Waals surface area contributed by atoms with E-state index in [-0.39, 0.29) is 0 Å². The smallest absolute Gasteiger partial charge is 0.161 e. The zero-order valence-corrected chi connectivity index (χ0v) is 10.6. The van der Waals surface area contributed by atoms with Crippen molar-refractivity contribution >= 4 is 0 Å². The quantitative estimate of drug-likeness (QED) is 0.824. The third kappa shape index (κ3) is 3.13. The Balaban J connectivity index is 2.09. The normalized spacial score (nSPS) is 16.6. The van der Waals surface area contributed by atoms with Crippen LogP contribution in [0.3, 0.4) is 0 Å². The molecule has 1 aliphatic carbocycles. The van der Waals surface area contributed by atoms with Crippen LogP contribution in [-0.4, -0.2) is 20.3 Å². The van der Waals surface area contributed by atoms with Gasteiger partial charge < -0.3 is 15.2 Å². The zero-order valence-electron chi connectivity index (χ0n) is 10.6. The minimum Gasteiger partial charge on any atom is -0.493 e. The highest BCUT2D eigenvalue weighted by molar-refractivity contribution is 5.44. The van der Waals surface area contributed by atoms with Gasteiger partial charge in [0.05, 0.1) is 13.7 Å². The van der Waals surface area contributed by atoms with Crippen molar-refractivity contribution < 1.29 is 9.47 Å². The molecular weight excluding hydrogens is 214 g/mol. The summed E-state index contributed by atoms with van der Waals surface area (Å²) in [6.07, 6.45) is 2.59. The lowest BCUT2D eigenvalue weighted by Gasteiger charge is -2.14. The van der Waals surface area contributed by atoms with Gasteiger partial charge in [0, 0.05) is 0 Å². The molecule has 0 saturated heterocycles. The Hall–Kier alpha value is -1.22. The summed E-state index contributed by atoms with van der Waals surface area (Å²) in [6.45, 7) is 3.56. The van der Waals surface area contributed by atoms with E-state index in [0.717, 1.165) is 24.0 Å². The molecule has 2 rings (SSSR count). The molecule has 3 heteroatoms. The lowest BCUT2D eigenvalue weighted by atomic mass is 10.0. The minimum atomic E-state index is 0.349. The molecule has 3 nitrogen and oxygen atoms in total. The van der Waals surface area contributed by atoms with Gasteiger partial charge in [-0.1, -0.05) is 13.0 Å². The van der Waals surface area contributed by atoms with Gasteiger partial charge in [0.15, 0.2) is 11.5 Å². The lowest BCUT2D eigenvalue weighted by Crippen LogP contribution is -2.09. The molecule has 0 aromatic heterocycles. The van der Waals surface area contributed by atoms with Crippen LogP contribution in [0.15, 0.2) is 18.2 Å². The molecule has 1 fully saturated rings. The van der Waals surface area contributed by atoms with E-state index in [4.69, 9.17) is 15.2 Å². The Morgan fingerprint density at radius 1 is 1.35 bits per heavy atom. The van der Waals surface area contributed by atoms with Crippen molar-refractivity contribution in [3.63, 3.8) is 0 Å². The van der Waals surface area contributed by atoms with Gasteiger partial charge in [0.25, 0.3) is 0 Å². The summed E-state index contributed by atoms with van der Waals surface area (Å²) in [4.78, 5) is 0. The van der Waals surface area contributed by atoms with Crippen molar-refractivity contribution in [2.24, 2.45) is 11.7 Å². The topological polar surface area (TPSA) is 44.5 Å². The Morgan fingerprint density at radius 2 is 2.12 bits per heavy atom. The van der Waals surface area contributed by atoms with Crippen LogP contribution in [0.4, 0.5) is 0 Å². The molecule has 1 unspecified atom stereocenters. The fourth-order valence-corrected chi connectivity index (χ4v) is 1.74. The average Bonchev–Trinajstić information content (AvgIpc) is 3.19. The van der Waals surface area contributed by atoms with E-state index in [1.807, 2.05) is 12.1 Å². The van der Waals surface area contributed by atoms with E-state index in [1.54, 1.807) is 7.11 Å². The second kappa shape index (κ2) is 5.41. The van der Waals surface area contributed by atoms with Crippen LogP contribution in [0, 0.1) is 5.92 Å². The molecule has 0 bridgehead atoms. The van der Waals surface area contributed by atoms with Gasteiger partial charge in [0.2, 0.25) is 0 Å². The number of hydrogen-bond acceptors (Lipinski definition) is 3. The Labute approximate surface area is 103 Å². The molecule has 1 atom stereocenters. The predicted molar refractivity (Wildman–Crippen MR) is 68.7 cm³/mol. The molecule has 2 N–H and O–H groups in total. The van der Waals surface area contributed by atoms with Crippen molar-refractivity contribution in [3.05, 3.63) is 23.8 Å². The maximum Gasteiger partial charge on any atom is 0.161 e. The van der Waals surface area contributed by atoms with Crippen molar-refractivity contribution in [2.45, 2.75) is 25.7 Å². The van der Waals surface area contributed by atoms with E-state index >= 15 is 0 Å². The molecule has 1 aromatic carbocycles. The zero-order chi connectivity index (χ0) is 12.3. The summed E-state index contributed by atoms with van der Waals surface area (Å²) in [5.74, 6) is 2.75. The minimum absolute atomic E-state index is 0.349. The lowest BCUT2D eigenvalue weighted by molar-refractivity contribution is 0.280. The molecule has 0 heterocycles. The van der Waals surface area contributed by atoms with E-state index in [0.29, 0.717) is 12.5 Å². The summed E-state index contributed by atoms with van der Waals surface area (Å²) >= 11 is 0. The van der Waals surface area contributed by atoms with Gasteiger partial charge in [-0.15, -0.1) is 0 Å². The van der Waals surface area contributed by atoms with Crippen LogP contribution >= 0.6 is 0 Å². The third-order valence-corrected chi connectivity index (χ3v) is 3.28. The first-order chi connectivity index (χ1) is 8.24. The van der Waals surface area contributed by atoms with Crippen LogP contribution < -0.4 is 15.2 Å². The van der Waals surface area contributed by atoms with Crippen LogP contribution in [0.2, 0.25) is 0 Å². The summed E-state index contributed by atoms with van der Waals surface area (Å²) in [7, 11) is 1.68. The highest BCUT2D eigenvalue weighted by Crippen LogP contribution is 2.34. The van der Waals surface area contributed by atoms with Crippen LogP contribution in [0.5, 0.6) is 11.5 Å². The number of nitrogens with two attached hydrogens (primary N) is 1. The summed E-state index contributed by atoms with van der Waals surface area (Å²) in [5, 5.41) is 0. The summed E-state index contributed by atoms with van der Waals surface area (Å²) in [6, 6.07) is 6.09. The average molecular weight is 235 g/mol. The van der Waals surface area contributed by atoms with Gasteiger partial charge >= 0.3 is 0 Å². The molecule has 1 saturated carbocycles. The number of benzene rings is 1. The largest absolute Gasteiger partial charge is 0.493 e. The van der Waals surface area contributed by atoms with Crippen LogP contribution in [0.1, 0.15) is 31.2 Å². The highest BCUT2D eigenvalue weighted by Gasteiger charge is 2.22. The highest BCUT2D eigenvalue weighted by atomic mass is 16.5. The SMILES string of the molecule is COc1cc(C(C)CN)ccc1OCC1CC1. The fourth-order valence-electron chi connectivity index (χ4n) is 1.74. The van der Waals surface area contributed by atoms with E-state index in [9.17, 15) is 0 Å². The number of rotatable bonds is 6. The standard InChI is InChI=1S/C14H21NO2/c1-10(8-15)12-5-6-13(14(7-12)16-2)17-9-11-3-4-11/h5-7,10-11H,3-4,8-9,15H2,1-2H3. The maximum absolute atomic E-state index is 5.76. The second-order valence-corrected chi connectivity index (χ2v) is 4.80. The maximum atomic E-state index is 5.76. The van der Waals surface area contributed by atoms with Gasteiger partial charge in [-0.05, 0) is 48.9 Å². The fraction of sp³-hybridized carbons (Fsp3) is 0.571. The van der Waals surface area contributed by atoms with E-state index in [1.165, 1.54) is 18.4 Å². The molecule has 0 aliphatic heterocycles. The number of ether oxygens (including phenoxy) is 2. The van der Waals surface area contributed by atoms with Crippen molar-refractivity contribution in [1.29, 1.82) is 0 Å². The van der Waals surface area contributed by atoms with Crippen molar-refractivity contribution in [3.8, 4) is 11.5 Å². The Morgan fingerprint density at radius 3 is 2.71 bits per heavy atom. The van der Waals surface area contributed by atoms with Crippen molar-refractivity contribution in [1.82, 2.24) is 0 Å². The predicted octanol–water partition coefficient (Wildman–Crippen LogP) is 2.55. The molecule has 1 aromatic rings. The molecule has 0 amide bonds. The Kier molecular flexibility index (Phi) is 3.89. The first kappa shape index (κ1) is 12.2. The second-order valence-electron chi connectivity index (χ2n) is 4.80. The monoisotopic (exact) mass is 235 g/mol. The van der Waals surface area contributed by atoms with E-state index < -0.39 is 0 Å². The molecule has 1 aliphatic rings. The van der Waals surface area contributed by atoms with E-state index in [2.05, 4.69) is 13.0 Å². The van der Waals surface area contributed by atoms with Gasteiger partial charge in [-0.3, -0.25) is 0 Å². The molecule has 94 valence electrons. The number of hydrogen-bond donors (Lipinski definition) is 1. The first-order valence-corrected chi connectivity index (χ1v) is 6.25. The first-order valence-electron chi connectivity index (χ1n) is 6.25. The van der Waals surface area contributed by atoms with Crippen LogP contribution in [0.25, 0.3) is 0 Å². The van der Waals surface area contributed by atoms with Gasteiger partial charge in [-0.2, -0.15) is 0 Å². The molecule has 0 radical (unpaired) electrons. The molecule has 0 spiro atoms.